The molecule has 0 fully saturated rings. The lowest BCUT2D eigenvalue weighted by Gasteiger charge is -2.23. The van der Waals surface area contributed by atoms with Gasteiger partial charge in [0.2, 0.25) is 0 Å². The highest BCUT2D eigenvalue weighted by Gasteiger charge is 2.24. The van der Waals surface area contributed by atoms with Crippen LogP contribution in [0.25, 0.3) is 10.2 Å². The van der Waals surface area contributed by atoms with E-state index in [1.807, 2.05) is 19.1 Å². The summed E-state index contributed by atoms with van der Waals surface area (Å²) < 4.78 is 15.3. The summed E-state index contributed by atoms with van der Waals surface area (Å²) in [4.78, 5) is 20.8. The Kier molecular flexibility index (Phi) is 6.19. The number of likely N-dealkylation sites (N-methyl/N-ethyl adjacent to an activating group) is 1. The molecule has 0 saturated carbocycles. The van der Waals surface area contributed by atoms with E-state index < -0.39 is 5.82 Å². The number of benzene rings is 2. The van der Waals surface area contributed by atoms with Crippen LogP contribution >= 0.6 is 11.3 Å². The van der Waals surface area contributed by atoms with Crippen LogP contribution in [0.1, 0.15) is 29.8 Å². The number of nitrogens with zero attached hydrogens (tertiary/aromatic N) is 2. The van der Waals surface area contributed by atoms with Gasteiger partial charge in [0.25, 0.3) is 5.91 Å². The largest absolute Gasteiger partial charge is 0.334 e. The molecule has 0 radical (unpaired) electrons. The molecule has 0 aliphatic carbocycles. The molecule has 1 N–H and O–H groups in total. The number of rotatable bonds is 7. The van der Waals surface area contributed by atoms with Crippen molar-refractivity contribution in [1.82, 2.24) is 4.98 Å². The van der Waals surface area contributed by atoms with Gasteiger partial charge in [-0.25, -0.2) is 9.37 Å². The van der Waals surface area contributed by atoms with Crippen LogP contribution in [-0.2, 0) is 0 Å². The molecule has 0 spiro atoms. The Morgan fingerprint density at radius 2 is 1.93 bits per heavy atom. The van der Waals surface area contributed by atoms with Gasteiger partial charge in [-0.2, -0.15) is 0 Å². The maximum Gasteiger partial charge on any atom is 0.263 e. The zero-order valence-corrected chi connectivity index (χ0v) is 16.8. The number of carbonyl (C=O) groups is 1. The Bertz CT molecular complexity index is 936. The standard InChI is InChI=1S/C21H24FN3OS/c1-4-24(5-2)12-13-25(20(26)16-8-6-7-9-17(16)22)21-23-18-11-10-15(3)14-19(18)27-21/h6-11,14H,4-5,12-13H2,1-3H3/p+1. The summed E-state index contributed by atoms with van der Waals surface area (Å²) in [5.74, 6) is -0.838. The van der Waals surface area contributed by atoms with E-state index in [9.17, 15) is 9.18 Å². The van der Waals surface area contributed by atoms with Crippen molar-refractivity contribution in [2.45, 2.75) is 20.8 Å². The Labute approximate surface area is 163 Å². The molecule has 27 heavy (non-hydrogen) atoms. The first-order valence-corrected chi connectivity index (χ1v) is 10.1. The van der Waals surface area contributed by atoms with Crippen LogP contribution in [0.5, 0.6) is 0 Å². The minimum atomic E-state index is -0.500. The van der Waals surface area contributed by atoms with Crippen molar-refractivity contribution < 1.29 is 14.1 Å². The summed E-state index contributed by atoms with van der Waals surface area (Å²) >= 11 is 1.48. The highest BCUT2D eigenvalue weighted by Crippen LogP contribution is 2.30. The average molecular weight is 387 g/mol. The smallest absolute Gasteiger partial charge is 0.263 e. The third-order valence-corrected chi connectivity index (χ3v) is 5.84. The number of hydrogen-bond donors (Lipinski definition) is 1. The zero-order chi connectivity index (χ0) is 19.4. The van der Waals surface area contributed by atoms with E-state index in [0.717, 1.165) is 35.4 Å². The van der Waals surface area contributed by atoms with E-state index in [0.29, 0.717) is 11.7 Å². The molecule has 0 aliphatic rings. The normalized spacial score (nSPS) is 11.3. The lowest BCUT2D eigenvalue weighted by atomic mass is 10.2. The third kappa shape index (κ3) is 4.34. The fourth-order valence-electron chi connectivity index (χ4n) is 3.07. The molecule has 0 unspecified atom stereocenters. The lowest BCUT2D eigenvalue weighted by Crippen LogP contribution is -3.12. The molecule has 0 saturated heterocycles. The third-order valence-electron chi connectivity index (χ3n) is 4.80. The van der Waals surface area contributed by atoms with E-state index in [1.165, 1.54) is 28.4 Å². The van der Waals surface area contributed by atoms with Gasteiger partial charge in [0.15, 0.2) is 5.13 Å². The first-order valence-electron chi connectivity index (χ1n) is 9.30. The van der Waals surface area contributed by atoms with Crippen molar-refractivity contribution in [2.75, 3.05) is 31.1 Å². The Morgan fingerprint density at radius 1 is 1.19 bits per heavy atom. The monoisotopic (exact) mass is 386 g/mol. The number of fused-ring (bicyclic) bond motifs is 1. The molecule has 0 bridgehead atoms. The van der Waals surface area contributed by atoms with Crippen LogP contribution in [0.3, 0.4) is 0 Å². The zero-order valence-electron chi connectivity index (χ0n) is 16.0. The van der Waals surface area contributed by atoms with Crippen LogP contribution in [0.15, 0.2) is 42.5 Å². The number of aromatic nitrogens is 1. The van der Waals surface area contributed by atoms with Crippen molar-refractivity contribution in [3.63, 3.8) is 0 Å². The minimum absolute atomic E-state index is 0.0856. The van der Waals surface area contributed by atoms with Gasteiger partial charge < -0.3 is 4.90 Å². The molecule has 3 aromatic rings. The molecule has 2 aromatic carbocycles. The van der Waals surface area contributed by atoms with E-state index >= 15 is 0 Å². The van der Waals surface area contributed by atoms with Crippen LogP contribution in [0.4, 0.5) is 9.52 Å². The molecule has 0 atom stereocenters. The van der Waals surface area contributed by atoms with E-state index in [1.54, 1.807) is 17.0 Å². The highest BCUT2D eigenvalue weighted by molar-refractivity contribution is 7.22. The number of thiazole rings is 1. The Balaban J connectivity index is 1.97. The predicted molar refractivity (Wildman–Crippen MR) is 109 cm³/mol. The number of carbonyl (C=O) groups excluding carboxylic acids is 1. The van der Waals surface area contributed by atoms with E-state index in [-0.39, 0.29) is 11.5 Å². The van der Waals surface area contributed by atoms with Gasteiger partial charge in [0.1, 0.15) is 5.82 Å². The second kappa shape index (κ2) is 8.59. The van der Waals surface area contributed by atoms with Gasteiger partial charge in [0, 0.05) is 0 Å². The van der Waals surface area contributed by atoms with Gasteiger partial charge in [-0.15, -0.1) is 0 Å². The fraction of sp³-hybridized carbons (Fsp3) is 0.333. The molecule has 0 aliphatic heterocycles. The number of nitrogens with one attached hydrogen (secondary N) is 1. The second-order valence-electron chi connectivity index (χ2n) is 6.61. The fourth-order valence-corrected chi connectivity index (χ4v) is 4.16. The van der Waals surface area contributed by atoms with Gasteiger partial charge in [-0.3, -0.25) is 9.69 Å². The Morgan fingerprint density at radius 3 is 2.63 bits per heavy atom. The SMILES string of the molecule is CC[NH+](CC)CCN(C(=O)c1ccccc1F)c1nc2ccc(C)cc2s1. The highest BCUT2D eigenvalue weighted by atomic mass is 32.1. The van der Waals surface area contributed by atoms with Gasteiger partial charge in [-0.1, -0.05) is 29.5 Å². The average Bonchev–Trinajstić information content (AvgIpc) is 3.08. The molecule has 3 rings (SSSR count). The summed E-state index contributed by atoms with van der Waals surface area (Å²) in [7, 11) is 0. The van der Waals surface area contributed by atoms with Gasteiger partial charge >= 0.3 is 0 Å². The molecule has 1 heterocycles. The van der Waals surface area contributed by atoms with Gasteiger partial charge in [-0.05, 0) is 50.6 Å². The quantitative estimate of drug-likeness (QED) is 0.676. The van der Waals surface area contributed by atoms with Crippen molar-refractivity contribution in [2.24, 2.45) is 0 Å². The van der Waals surface area contributed by atoms with E-state index in [4.69, 9.17) is 0 Å². The summed E-state index contributed by atoms with van der Waals surface area (Å²) in [5.41, 5.74) is 2.10. The van der Waals surface area contributed by atoms with Crippen LogP contribution in [0, 0.1) is 12.7 Å². The van der Waals surface area contributed by atoms with Crippen molar-refractivity contribution in [3.05, 3.63) is 59.4 Å². The number of hydrogen-bond acceptors (Lipinski definition) is 3. The maximum atomic E-state index is 14.2. The predicted octanol–water partition coefficient (Wildman–Crippen LogP) is 3.32. The number of anilines is 1. The van der Waals surface area contributed by atoms with Crippen molar-refractivity contribution >= 4 is 32.6 Å². The topological polar surface area (TPSA) is 37.6 Å². The molecule has 1 amide bonds. The number of halogens is 1. The molecule has 142 valence electrons. The lowest BCUT2D eigenvalue weighted by molar-refractivity contribution is -0.894. The first kappa shape index (κ1) is 19.5. The summed E-state index contributed by atoms with van der Waals surface area (Å²) in [6.07, 6.45) is 0. The Hall–Kier alpha value is -2.31. The first-order chi connectivity index (χ1) is 13.0. The summed E-state index contributed by atoms with van der Waals surface area (Å²) in [5, 5.41) is 0.621. The molecular formula is C21H25FN3OS+. The van der Waals surface area contributed by atoms with Crippen molar-refractivity contribution in [3.8, 4) is 0 Å². The molecule has 6 heteroatoms. The van der Waals surface area contributed by atoms with Crippen molar-refractivity contribution in [1.29, 1.82) is 0 Å². The molecule has 1 aromatic heterocycles. The van der Waals surface area contributed by atoms with Gasteiger partial charge in [0.05, 0.1) is 42.0 Å². The van der Waals surface area contributed by atoms with Crippen LogP contribution < -0.4 is 9.80 Å². The number of aryl methyl sites for hydroxylation is 1. The maximum absolute atomic E-state index is 14.2. The molecule has 4 nitrogen and oxygen atoms in total. The number of amides is 1. The molecular weight excluding hydrogens is 361 g/mol. The van der Waals surface area contributed by atoms with Crippen LogP contribution in [0.2, 0.25) is 0 Å². The summed E-state index contributed by atoms with van der Waals surface area (Å²) in [6, 6.07) is 12.2. The van der Waals surface area contributed by atoms with Crippen LogP contribution in [-0.4, -0.2) is 37.1 Å². The number of quaternary nitrogens is 1. The summed E-state index contributed by atoms with van der Waals surface area (Å²) in [6.45, 7) is 9.55. The van der Waals surface area contributed by atoms with E-state index in [2.05, 4.69) is 24.9 Å². The second-order valence-corrected chi connectivity index (χ2v) is 7.62. The minimum Gasteiger partial charge on any atom is -0.334 e.